The summed E-state index contributed by atoms with van der Waals surface area (Å²) >= 11 is 8.25. The first-order chi connectivity index (χ1) is 21.5. The molecule has 0 atom stereocenters. The maximum Gasteiger partial charge on any atom is 0.410 e. The summed E-state index contributed by atoms with van der Waals surface area (Å²) in [6.45, 7) is 5.92. The van der Waals surface area contributed by atoms with Gasteiger partial charge in [-0.2, -0.15) is 5.26 Å². The van der Waals surface area contributed by atoms with E-state index < -0.39 is 5.60 Å². The third-order valence-corrected chi connectivity index (χ3v) is 9.96. The van der Waals surface area contributed by atoms with Crippen molar-refractivity contribution in [2.24, 2.45) is 0 Å². The number of rotatable bonds is 7. The second-order valence-corrected chi connectivity index (χ2v) is 13.9. The Balaban J connectivity index is 1.46. The minimum atomic E-state index is -0.569. The number of thiophene rings is 1. The van der Waals surface area contributed by atoms with Crippen LogP contribution in [0.4, 0.5) is 4.79 Å². The summed E-state index contributed by atoms with van der Waals surface area (Å²) in [6, 6.07) is 23.3. The number of carbonyl (C=O) groups excluding carboxylic acids is 2. The van der Waals surface area contributed by atoms with Gasteiger partial charge in [0.1, 0.15) is 16.2 Å². The highest BCUT2D eigenvalue weighted by Crippen LogP contribution is 2.39. The largest absolute Gasteiger partial charge is 0.496 e. The van der Waals surface area contributed by atoms with Gasteiger partial charge in [-0.15, -0.1) is 11.3 Å². The number of halogens is 1. The first-order valence-electron chi connectivity index (χ1n) is 15.1. The van der Waals surface area contributed by atoms with Crippen LogP contribution in [0.2, 0.25) is 5.02 Å². The molecule has 7 nitrogen and oxygen atoms in total. The summed E-state index contributed by atoms with van der Waals surface area (Å²) in [5.74, 6) is 0.571. The number of ether oxygens (including phenoxy) is 2. The number of nitriles is 1. The Hall–Kier alpha value is -4.06. The molecule has 1 aliphatic rings. The van der Waals surface area contributed by atoms with Gasteiger partial charge in [0.2, 0.25) is 0 Å². The maximum absolute atomic E-state index is 14.4. The lowest BCUT2D eigenvalue weighted by Gasteiger charge is -2.40. The Labute approximate surface area is 273 Å². The predicted octanol–water partition coefficient (Wildman–Crippen LogP) is 8.92. The normalized spacial score (nSPS) is 16.6. The van der Waals surface area contributed by atoms with Gasteiger partial charge in [-0.25, -0.2) is 4.79 Å². The molecule has 0 N–H and O–H groups in total. The summed E-state index contributed by atoms with van der Waals surface area (Å²) in [5.41, 5.74) is 2.83. The van der Waals surface area contributed by atoms with Crippen molar-refractivity contribution < 1.29 is 19.1 Å². The smallest absolute Gasteiger partial charge is 0.410 e. The molecule has 0 bridgehead atoms. The molecule has 3 aromatic carbocycles. The third-order valence-electron chi connectivity index (χ3n) is 8.29. The average Bonchev–Trinajstić information content (AvgIpc) is 3.38. The minimum Gasteiger partial charge on any atom is -0.496 e. The lowest BCUT2D eigenvalue weighted by atomic mass is 9.89. The van der Waals surface area contributed by atoms with Crippen LogP contribution in [0.5, 0.6) is 5.75 Å². The first kappa shape index (κ1) is 32.3. The summed E-state index contributed by atoms with van der Waals surface area (Å²) in [6.07, 6.45) is 2.60. The number of carbonyl (C=O) groups is 2. The van der Waals surface area contributed by atoms with Crippen LogP contribution in [0, 0.1) is 11.3 Å². The van der Waals surface area contributed by atoms with Crippen molar-refractivity contribution in [3.8, 4) is 22.9 Å². The Morgan fingerprint density at radius 3 is 2.24 bits per heavy atom. The second-order valence-electron chi connectivity index (χ2n) is 12.4. The highest BCUT2D eigenvalue weighted by molar-refractivity contribution is 7.21. The minimum absolute atomic E-state index is 0.0233. The quantitative estimate of drug-likeness (QED) is 0.201. The monoisotopic (exact) mass is 643 g/mol. The van der Waals surface area contributed by atoms with E-state index in [2.05, 4.69) is 12.1 Å². The zero-order valence-corrected chi connectivity index (χ0v) is 27.9. The Kier molecular flexibility index (Phi) is 9.71. The number of amides is 2. The van der Waals surface area contributed by atoms with Gasteiger partial charge in [-0.3, -0.25) is 4.79 Å². The highest BCUT2D eigenvalue weighted by Gasteiger charge is 2.35. The summed E-state index contributed by atoms with van der Waals surface area (Å²) in [4.78, 5) is 31.4. The topological polar surface area (TPSA) is 82.9 Å². The number of nitrogens with zero attached hydrogens (tertiary/aromatic N) is 3. The summed E-state index contributed by atoms with van der Waals surface area (Å²) in [7, 11) is 3.42. The van der Waals surface area contributed by atoms with Gasteiger partial charge >= 0.3 is 6.09 Å². The molecule has 5 rings (SSSR count). The predicted molar refractivity (Wildman–Crippen MR) is 180 cm³/mol. The van der Waals surface area contributed by atoms with Gasteiger partial charge in [0.25, 0.3) is 5.91 Å². The van der Waals surface area contributed by atoms with Crippen LogP contribution in [0.15, 0.2) is 66.7 Å². The van der Waals surface area contributed by atoms with Crippen molar-refractivity contribution in [2.45, 2.75) is 70.7 Å². The number of benzene rings is 3. The molecular weight excluding hydrogens is 606 g/mol. The van der Waals surface area contributed by atoms with Crippen LogP contribution in [-0.4, -0.2) is 53.6 Å². The SMILES string of the molecule is COc1ccc(-c2ccc(C#N)cc2)cc1CN(C(=O)c1sc2ccccc2c1Cl)[C@H]1CC[C@H](N(C)C(=O)OC(C)(C)C)CC1. The Bertz CT molecular complexity index is 1730. The molecule has 2 amide bonds. The van der Waals surface area contributed by atoms with Crippen LogP contribution in [0.3, 0.4) is 0 Å². The molecule has 0 saturated heterocycles. The van der Waals surface area contributed by atoms with Crippen molar-refractivity contribution in [3.05, 3.63) is 87.8 Å². The van der Waals surface area contributed by atoms with Gasteiger partial charge in [0.05, 0.1) is 23.8 Å². The molecular formula is C36H38ClN3O4S. The molecule has 1 aliphatic carbocycles. The van der Waals surface area contributed by atoms with E-state index in [0.717, 1.165) is 52.5 Å². The average molecular weight is 644 g/mol. The number of hydrogen-bond acceptors (Lipinski definition) is 6. The van der Waals surface area contributed by atoms with E-state index >= 15 is 0 Å². The van der Waals surface area contributed by atoms with Gasteiger partial charge in [0.15, 0.2) is 0 Å². The van der Waals surface area contributed by atoms with Crippen LogP contribution < -0.4 is 4.74 Å². The van der Waals surface area contributed by atoms with E-state index in [-0.39, 0.29) is 24.1 Å². The number of fused-ring (bicyclic) bond motifs is 1. The van der Waals surface area contributed by atoms with Crippen molar-refractivity contribution in [2.75, 3.05) is 14.2 Å². The molecule has 1 heterocycles. The van der Waals surface area contributed by atoms with Crippen LogP contribution in [0.25, 0.3) is 21.2 Å². The fourth-order valence-electron chi connectivity index (χ4n) is 5.89. The number of hydrogen-bond donors (Lipinski definition) is 0. The summed E-state index contributed by atoms with van der Waals surface area (Å²) in [5, 5.41) is 10.6. The van der Waals surface area contributed by atoms with E-state index in [9.17, 15) is 14.9 Å². The van der Waals surface area contributed by atoms with Gasteiger partial charge in [0, 0.05) is 41.3 Å². The third kappa shape index (κ3) is 7.27. The molecule has 9 heteroatoms. The second kappa shape index (κ2) is 13.5. The first-order valence-corrected chi connectivity index (χ1v) is 16.3. The molecule has 1 aromatic heterocycles. The van der Waals surface area contributed by atoms with Gasteiger partial charge < -0.3 is 19.3 Å². The van der Waals surface area contributed by atoms with E-state index in [1.54, 1.807) is 31.2 Å². The number of methoxy groups -OCH3 is 1. The molecule has 234 valence electrons. The van der Waals surface area contributed by atoms with E-state index in [1.165, 1.54) is 11.3 Å². The maximum atomic E-state index is 14.4. The molecule has 45 heavy (non-hydrogen) atoms. The molecule has 0 aliphatic heterocycles. The van der Waals surface area contributed by atoms with Gasteiger partial charge in [-0.05, 0) is 87.9 Å². The zero-order chi connectivity index (χ0) is 32.3. The zero-order valence-electron chi connectivity index (χ0n) is 26.3. The Morgan fingerprint density at radius 2 is 1.62 bits per heavy atom. The fraction of sp³-hybridized carbons (Fsp3) is 0.361. The van der Waals surface area contributed by atoms with Crippen molar-refractivity contribution in [1.29, 1.82) is 5.26 Å². The molecule has 0 unspecified atom stereocenters. The molecule has 0 spiro atoms. The van der Waals surface area contributed by atoms with Crippen molar-refractivity contribution in [1.82, 2.24) is 9.80 Å². The lowest BCUT2D eigenvalue weighted by Crippen LogP contribution is -2.47. The van der Waals surface area contributed by atoms with Crippen molar-refractivity contribution >= 4 is 45.0 Å². The van der Waals surface area contributed by atoms with Crippen LogP contribution >= 0.6 is 22.9 Å². The van der Waals surface area contributed by atoms with E-state index in [1.807, 2.05) is 74.2 Å². The van der Waals surface area contributed by atoms with E-state index in [0.29, 0.717) is 27.8 Å². The van der Waals surface area contributed by atoms with Crippen molar-refractivity contribution in [3.63, 3.8) is 0 Å². The highest BCUT2D eigenvalue weighted by atomic mass is 35.5. The standard InChI is InChI=1S/C36H38ClN3O4S/c1-36(2,3)44-35(42)39(4)27-15-17-28(18-16-27)40(34(41)33-32(37)29-8-6-7-9-31(29)45-33)22-26-20-25(14-19-30(26)43-5)24-12-10-23(21-38)11-13-24/h6-14,19-20,27-28H,15-18,22H2,1-5H3/t27-,28-. The van der Waals surface area contributed by atoms with Crippen LogP contribution in [0.1, 0.15) is 67.3 Å². The Morgan fingerprint density at radius 1 is 0.978 bits per heavy atom. The molecule has 4 aromatic rings. The van der Waals surface area contributed by atoms with Gasteiger partial charge in [-0.1, -0.05) is 48.0 Å². The molecule has 0 radical (unpaired) electrons. The molecule has 1 fully saturated rings. The lowest BCUT2D eigenvalue weighted by molar-refractivity contribution is 0.0144. The molecule has 1 saturated carbocycles. The van der Waals surface area contributed by atoms with E-state index in [4.69, 9.17) is 21.1 Å². The summed E-state index contributed by atoms with van der Waals surface area (Å²) < 4.78 is 12.3. The fourth-order valence-corrected chi connectivity index (χ4v) is 7.36. The van der Waals surface area contributed by atoms with Crippen LogP contribution in [-0.2, 0) is 11.3 Å².